The highest BCUT2D eigenvalue weighted by Gasteiger charge is 2.20. The molecular weight excluding hydrogens is 314 g/mol. The summed E-state index contributed by atoms with van der Waals surface area (Å²) in [7, 11) is -3.90. The third-order valence-electron chi connectivity index (χ3n) is 2.64. The van der Waals surface area contributed by atoms with Gasteiger partial charge in [0.2, 0.25) is 10.0 Å². The van der Waals surface area contributed by atoms with E-state index in [4.69, 9.17) is 4.74 Å². The second-order valence-electron chi connectivity index (χ2n) is 4.18. The predicted molar refractivity (Wildman–Crippen MR) is 79.7 cm³/mol. The fourth-order valence-electron chi connectivity index (χ4n) is 1.60. The van der Waals surface area contributed by atoms with Gasteiger partial charge in [-0.3, -0.25) is 0 Å². The van der Waals surface area contributed by atoms with Crippen molar-refractivity contribution in [3.8, 4) is 5.75 Å². The van der Waals surface area contributed by atoms with Gasteiger partial charge in [0, 0.05) is 0 Å². The SMILES string of the molecule is CCOc1ccc(S(=O)(=O)N[C@H](CCSC)C(=O)[O-])cc1. The first kappa shape index (κ1) is 17.8. The number of carbonyl (C=O) groups is 1. The Kier molecular flexibility index (Phi) is 7.00. The fraction of sp³-hybridized carbons (Fsp3) is 0.462. The number of rotatable bonds is 9. The lowest BCUT2D eigenvalue weighted by atomic mass is 10.2. The summed E-state index contributed by atoms with van der Waals surface area (Å²) in [5.41, 5.74) is 0. The minimum absolute atomic E-state index is 0.0126. The van der Waals surface area contributed by atoms with E-state index in [9.17, 15) is 18.3 Å². The number of sulfonamides is 1. The molecule has 0 unspecified atom stereocenters. The highest BCUT2D eigenvalue weighted by atomic mass is 32.2. The maximum atomic E-state index is 12.1. The number of thioether (sulfide) groups is 1. The maximum absolute atomic E-state index is 12.1. The third kappa shape index (κ3) is 5.56. The van der Waals surface area contributed by atoms with Crippen molar-refractivity contribution < 1.29 is 23.1 Å². The minimum atomic E-state index is -3.90. The lowest BCUT2D eigenvalue weighted by molar-refractivity contribution is -0.308. The van der Waals surface area contributed by atoms with Crippen LogP contribution in [-0.2, 0) is 14.8 Å². The average molecular weight is 332 g/mol. The number of hydrogen-bond acceptors (Lipinski definition) is 6. The lowest BCUT2D eigenvalue weighted by Gasteiger charge is -2.19. The molecule has 0 aliphatic heterocycles. The Morgan fingerprint density at radius 3 is 2.48 bits per heavy atom. The molecule has 1 rings (SSSR count). The molecule has 6 nitrogen and oxygen atoms in total. The van der Waals surface area contributed by atoms with E-state index in [0.717, 1.165) is 0 Å². The molecule has 1 N–H and O–H groups in total. The van der Waals surface area contributed by atoms with Crippen molar-refractivity contribution in [2.24, 2.45) is 0 Å². The fourth-order valence-corrected chi connectivity index (χ4v) is 3.29. The summed E-state index contributed by atoms with van der Waals surface area (Å²) in [6.45, 7) is 2.30. The van der Waals surface area contributed by atoms with Gasteiger partial charge in [-0.2, -0.15) is 11.8 Å². The predicted octanol–water partition coefficient (Wildman–Crippen LogP) is 0.235. The van der Waals surface area contributed by atoms with Crippen LogP contribution in [0.2, 0.25) is 0 Å². The van der Waals surface area contributed by atoms with E-state index < -0.39 is 22.0 Å². The first-order chi connectivity index (χ1) is 9.90. The molecule has 0 aromatic heterocycles. The number of aliphatic carboxylic acids is 1. The molecule has 0 saturated heterocycles. The van der Waals surface area contributed by atoms with Gasteiger partial charge in [0.1, 0.15) is 5.75 Å². The molecule has 0 spiro atoms. The largest absolute Gasteiger partial charge is 0.548 e. The Bertz CT molecular complexity index is 556. The zero-order valence-corrected chi connectivity index (χ0v) is 13.5. The monoisotopic (exact) mass is 332 g/mol. The highest BCUT2D eigenvalue weighted by Crippen LogP contribution is 2.16. The summed E-state index contributed by atoms with van der Waals surface area (Å²) >= 11 is 1.43. The van der Waals surface area contributed by atoms with E-state index in [1.54, 1.807) is 0 Å². The van der Waals surface area contributed by atoms with Crippen LogP contribution in [0.1, 0.15) is 13.3 Å². The molecule has 0 amide bonds. The Hall–Kier alpha value is -1.25. The summed E-state index contributed by atoms with van der Waals surface area (Å²) in [6, 6.07) is 4.54. The van der Waals surface area contributed by atoms with Crippen molar-refractivity contribution in [3.63, 3.8) is 0 Å². The number of ether oxygens (including phenoxy) is 1. The standard InChI is InChI=1S/C13H19NO5S2/c1-3-19-10-4-6-11(7-5-10)21(17,18)14-12(13(15)16)8-9-20-2/h4-7,12,14H,3,8-9H2,1-2H3,(H,15,16)/p-1/t12-/m1/s1. The highest BCUT2D eigenvalue weighted by molar-refractivity contribution is 7.98. The van der Waals surface area contributed by atoms with Gasteiger partial charge in [-0.15, -0.1) is 0 Å². The summed E-state index contributed by atoms with van der Waals surface area (Å²) in [5, 5.41) is 11.0. The second kappa shape index (κ2) is 8.26. The second-order valence-corrected chi connectivity index (χ2v) is 6.88. The smallest absolute Gasteiger partial charge is 0.241 e. The van der Waals surface area contributed by atoms with E-state index in [0.29, 0.717) is 18.1 Å². The maximum Gasteiger partial charge on any atom is 0.241 e. The van der Waals surface area contributed by atoms with Crippen LogP contribution in [0, 0.1) is 0 Å². The Labute approximate surface area is 128 Å². The number of carboxylic acids is 1. The average Bonchev–Trinajstić information content (AvgIpc) is 2.44. The first-order valence-electron chi connectivity index (χ1n) is 6.35. The van der Waals surface area contributed by atoms with E-state index in [1.165, 1.54) is 36.0 Å². The summed E-state index contributed by atoms with van der Waals surface area (Å²) in [4.78, 5) is 11.0. The molecule has 1 atom stereocenters. The topological polar surface area (TPSA) is 95.5 Å². The van der Waals surface area contributed by atoms with Crippen LogP contribution in [0.4, 0.5) is 0 Å². The lowest BCUT2D eigenvalue weighted by Crippen LogP contribution is -2.48. The summed E-state index contributed by atoms with van der Waals surface area (Å²) in [6.07, 6.45) is 1.98. The van der Waals surface area contributed by atoms with Crippen LogP contribution in [0.15, 0.2) is 29.2 Å². The van der Waals surface area contributed by atoms with Crippen molar-refractivity contribution in [2.45, 2.75) is 24.3 Å². The molecule has 0 saturated carbocycles. The number of carboxylic acid groups (broad SMARTS) is 1. The Morgan fingerprint density at radius 1 is 1.38 bits per heavy atom. The van der Waals surface area contributed by atoms with Crippen LogP contribution in [-0.4, -0.2) is 39.0 Å². The van der Waals surface area contributed by atoms with Gasteiger partial charge >= 0.3 is 0 Å². The van der Waals surface area contributed by atoms with E-state index >= 15 is 0 Å². The number of carbonyl (C=O) groups excluding carboxylic acids is 1. The minimum Gasteiger partial charge on any atom is -0.548 e. The van der Waals surface area contributed by atoms with E-state index in [2.05, 4.69) is 4.72 Å². The molecule has 0 fully saturated rings. The van der Waals surface area contributed by atoms with Gasteiger partial charge in [0.05, 0.1) is 23.5 Å². The molecule has 0 aliphatic rings. The Morgan fingerprint density at radius 2 is 2.00 bits per heavy atom. The van der Waals surface area contributed by atoms with Gasteiger partial charge in [-0.1, -0.05) is 0 Å². The van der Waals surface area contributed by atoms with Crippen LogP contribution in [0.3, 0.4) is 0 Å². The zero-order chi connectivity index (χ0) is 15.9. The molecule has 1 aromatic carbocycles. The molecule has 118 valence electrons. The van der Waals surface area contributed by atoms with Gasteiger partial charge in [0.15, 0.2) is 0 Å². The molecule has 0 bridgehead atoms. The van der Waals surface area contributed by atoms with Crippen molar-refractivity contribution in [2.75, 3.05) is 18.6 Å². The first-order valence-corrected chi connectivity index (χ1v) is 9.23. The third-order valence-corrected chi connectivity index (χ3v) is 4.77. The number of nitrogens with one attached hydrogen (secondary N) is 1. The molecular formula is C13H18NO5S2-. The normalized spacial score (nSPS) is 12.9. The summed E-state index contributed by atoms with van der Waals surface area (Å²) in [5.74, 6) is -0.362. The van der Waals surface area contributed by atoms with Crippen LogP contribution in [0.5, 0.6) is 5.75 Å². The van der Waals surface area contributed by atoms with Gasteiger partial charge in [0.25, 0.3) is 0 Å². The van der Waals surface area contributed by atoms with Gasteiger partial charge < -0.3 is 14.6 Å². The van der Waals surface area contributed by atoms with Crippen molar-refractivity contribution in [1.29, 1.82) is 0 Å². The van der Waals surface area contributed by atoms with Crippen molar-refractivity contribution in [3.05, 3.63) is 24.3 Å². The van der Waals surface area contributed by atoms with E-state index in [1.807, 2.05) is 13.2 Å². The molecule has 0 heterocycles. The number of hydrogen-bond donors (Lipinski definition) is 1. The van der Waals surface area contributed by atoms with Crippen molar-refractivity contribution in [1.82, 2.24) is 4.72 Å². The molecule has 1 aromatic rings. The Balaban J connectivity index is 2.85. The van der Waals surface area contributed by atoms with Crippen LogP contribution in [0.25, 0.3) is 0 Å². The quantitative estimate of drug-likeness (QED) is 0.696. The van der Waals surface area contributed by atoms with Gasteiger partial charge in [-0.25, -0.2) is 13.1 Å². The number of benzene rings is 1. The molecule has 8 heteroatoms. The van der Waals surface area contributed by atoms with Crippen LogP contribution < -0.4 is 14.6 Å². The molecule has 0 radical (unpaired) electrons. The summed E-state index contributed by atoms with van der Waals surface area (Å²) < 4.78 is 31.6. The zero-order valence-electron chi connectivity index (χ0n) is 11.9. The van der Waals surface area contributed by atoms with Crippen LogP contribution >= 0.6 is 11.8 Å². The molecule has 0 aliphatic carbocycles. The van der Waals surface area contributed by atoms with Crippen molar-refractivity contribution >= 4 is 27.8 Å². The van der Waals surface area contributed by atoms with E-state index in [-0.39, 0.29) is 11.3 Å². The molecule has 21 heavy (non-hydrogen) atoms. The van der Waals surface area contributed by atoms with Gasteiger partial charge in [-0.05, 0) is 49.6 Å².